The van der Waals surface area contributed by atoms with Crippen LogP contribution < -0.4 is 11.1 Å². The van der Waals surface area contributed by atoms with Crippen molar-refractivity contribution < 1.29 is 0 Å². The lowest BCUT2D eigenvalue weighted by Gasteiger charge is -2.29. The van der Waals surface area contributed by atoms with Gasteiger partial charge in [-0.05, 0) is 25.0 Å². The summed E-state index contributed by atoms with van der Waals surface area (Å²) in [6.07, 6.45) is 8.56. The summed E-state index contributed by atoms with van der Waals surface area (Å²) in [6.45, 7) is 0.718. The summed E-state index contributed by atoms with van der Waals surface area (Å²) in [4.78, 5) is 4.00. The minimum absolute atomic E-state index is 0.140. The molecule has 0 amide bonds. The van der Waals surface area contributed by atoms with Crippen LogP contribution in [0.15, 0.2) is 24.5 Å². The number of aromatic nitrogens is 1. The molecule has 0 spiro atoms. The van der Waals surface area contributed by atoms with E-state index in [0.717, 1.165) is 12.2 Å². The fourth-order valence-corrected chi connectivity index (χ4v) is 2.17. The fraction of sp³-hybridized carbons (Fsp3) is 0.545. The van der Waals surface area contributed by atoms with Crippen LogP contribution in [-0.4, -0.2) is 17.1 Å². The van der Waals surface area contributed by atoms with Gasteiger partial charge in [-0.2, -0.15) is 0 Å². The van der Waals surface area contributed by atoms with E-state index in [9.17, 15) is 0 Å². The molecule has 2 rings (SSSR count). The van der Waals surface area contributed by atoms with Crippen LogP contribution in [0.5, 0.6) is 0 Å². The molecule has 1 aliphatic carbocycles. The summed E-state index contributed by atoms with van der Waals surface area (Å²) >= 11 is 0. The van der Waals surface area contributed by atoms with Crippen molar-refractivity contribution in [2.75, 3.05) is 11.9 Å². The number of hydrogen-bond donors (Lipinski definition) is 2. The van der Waals surface area contributed by atoms with Crippen LogP contribution in [0.2, 0.25) is 0 Å². The second kappa shape index (κ2) is 3.96. The van der Waals surface area contributed by atoms with Gasteiger partial charge in [-0.15, -0.1) is 0 Å². The zero-order valence-corrected chi connectivity index (χ0v) is 8.37. The van der Waals surface area contributed by atoms with Crippen molar-refractivity contribution in [3.63, 3.8) is 0 Å². The van der Waals surface area contributed by atoms with Crippen molar-refractivity contribution in [1.82, 2.24) is 4.98 Å². The highest BCUT2D eigenvalue weighted by Crippen LogP contribution is 2.31. The van der Waals surface area contributed by atoms with E-state index < -0.39 is 0 Å². The normalized spacial score (nSPS) is 19.5. The number of nitrogens with zero attached hydrogens (tertiary/aromatic N) is 1. The van der Waals surface area contributed by atoms with Crippen molar-refractivity contribution in [3.05, 3.63) is 24.5 Å². The highest BCUT2D eigenvalue weighted by atomic mass is 15.0. The van der Waals surface area contributed by atoms with Crippen molar-refractivity contribution in [1.29, 1.82) is 0 Å². The van der Waals surface area contributed by atoms with Crippen LogP contribution in [-0.2, 0) is 0 Å². The highest BCUT2D eigenvalue weighted by Gasteiger charge is 2.31. The van der Waals surface area contributed by atoms with E-state index in [-0.39, 0.29) is 5.54 Å². The van der Waals surface area contributed by atoms with Gasteiger partial charge in [0.05, 0.1) is 0 Å². The molecule has 3 nitrogen and oxygen atoms in total. The Bertz CT molecular complexity index is 278. The number of hydrogen-bond acceptors (Lipinski definition) is 3. The molecule has 1 heterocycles. The molecular formula is C11H17N3. The minimum Gasteiger partial charge on any atom is -0.378 e. The van der Waals surface area contributed by atoms with E-state index in [1.807, 2.05) is 24.5 Å². The lowest BCUT2D eigenvalue weighted by atomic mass is 9.97. The number of nitrogens with one attached hydrogen (secondary N) is 1. The maximum atomic E-state index is 5.84. The summed E-state index contributed by atoms with van der Waals surface area (Å²) < 4.78 is 0. The van der Waals surface area contributed by atoms with Crippen LogP contribution >= 0.6 is 0 Å². The third kappa shape index (κ3) is 1.87. The third-order valence-corrected chi connectivity index (χ3v) is 3.04. The van der Waals surface area contributed by atoms with Gasteiger partial charge in [0, 0.05) is 30.2 Å². The molecule has 14 heavy (non-hydrogen) atoms. The van der Waals surface area contributed by atoms with Crippen LogP contribution in [0.1, 0.15) is 25.7 Å². The fourth-order valence-electron chi connectivity index (χ4n) is 2.17. The molecular weight excluding hydrogens is 174 g/mol. The summed E-state index contributed by atoms with van der Waals surface area (Å²) in [5.41, 5.74) is 7.11. The minimum atomic E-state index is 0.140. The Balaban J connectivity index is 2.08. The Kier molecular flexibility index (Phi) is 2.68. The molecule has 0 radical (unpaired) electrons. The van der Waals surface area contributed by atoms with E-state index in [1.54, 1.807) is 0 Å². The zero-order valence-electron chi connectivity index (χ0n) is 8.37. The number of nitrogens with two attached hydrogens (primary N) is 1. The second-order valence-corrected chi connectivity index (χ2v) is 4.05. The summed E-state index contributed by atoms with van der Waals surface area (Å²) in [5.74, 6) is 0. The number of pyridine rings is 1. The standard InChI is InChI=1S/C11H17N3/c12-9-11(5-1-2-6-11)14-10-3-7-13-8-4-10/h3-4,7-8H,1-2,5-6,9,12H2,(H,13,14). The van der Waals surface area contributed by atoms with Crippen molar-refractivity contribution in [2.45, 2.75) is 31.2 Å². The van der Waals surface area contributed by atoms with Gasteiger partial charge in [-0.3, -0.25) is 4.98 Å². The maximum absolute atomic E-state index is 5.84. The molecule has 0 atom stereocenters. The molecule has 1 aliphatic rings. The smallest absolute Gasteiger partial charge is 0.0495 e. The Hall–Kier alpha value is -1.09. The van der Waals surface area contributed by atoms with Crippen molar-refractivity contribution >= 4 is 5.69 Å². The van der Waals surface area contributed by atoms with Gasteiger partial charge in [0.2, 0.25) is 0 Å². The van der Waals surface area contributed by atoms with Crippen molar-refractivity contribution in [3.8, 4) is 0 Å². The average molecular weight is 191 g/mol. The quantitative estimate of drug-likeness (QED) is 0.765. The van der Waals surface area contributed by atoms with Gasteiger partial charge < -0.3 is 11.1 Å². The van der Waals surface area contributed by atoms with E-state index >= 15 is 0 Å². The molecule has 1 saturated carbocycles. The van der Waals surface area contributed by atoms with E-state index in [2.05, 4.69) is 10.3 Å². The SMILES string of the molecule is NCC1(Nc2ccncc2)CCCC1. The number of rotatable bonds is 3. The Morgan fingerprint density at radius 2 is 1.93 bits per heavy atom. The van der Waals surface area contributed by atoms with Crippen LogP contribution in [0, 0.1) is 0 Å². The van der Waals surface area contributed by atoms with Gasteiger partial charge in [0.25, 0.3) is 0 Å². The first-order valence-electron chi connectivity index (χ1n) is 5.23. The van der Waals surface area contributed by atoms with Gasteiger partial charge in [0.15, 0.2) is 0 Å². The highest BCUT2D eigenvalue weighted by molar-refractivity contribution is 5.44. The van der Waals surface area contributed by atoms with E-state index in [0.29, 0.717) is 0 Å². The van der Waals surface area contributed by atoms with Crippen molar-refractivity contribution in [2.24, 2.45) is 5.73 Å². The first-order chi connectivity index (χ1) is 6.85. The molecule has 0 aromatic carbocycles. The number of anilines is 1. The Labute approximate surface area is 84.7 Å². The zero-order chi connectivity index (χ0) is 9.86. The predicted molar refractivity (Wildman–Crippen MR) is 58.1 cm³/mol. The second-order valence-electron chi connectivity index (χ2n) is 4.05. The van der Waals surface area contributed by atoms with E-state index in [4.69, 9.17) is 5.73 Å². The van der Waals surface area contributed by atoms with Gasteiger partial charge in [0.1, 0.15) is 0 Å². The lowest BCUT2D eigenvalue weighted by Crippen LogP contribution is -2.42. The first kappa shape index (κ1) is 9.46. The first-order valence-corrected chi connectivity index (χ1v) is 5.23. The average Bonchev–Trinajstić information content (AvgIpc) is 2.69. The molecule has 1 aromatic heterocycles. The Morgan fingerprint density at radius 1 is 1.29 bits per heavy atom. The Morgan fingerprint density at radius 3 is 2.50 bits per heavy atom. The molecule has 0 unspecified atom stereocenters. The third-order valence-electron chi connectivity index (χ3n) is 3.04. The lowest BCUT2D eigenvalue weighted by molar-refractivity contribution is 0.493. The summed E-state index contributed by atoms with van der Waals surface area (Å²) in [7, 11) is 0. The predicted octanol–water partition coefficient (Wildman–Crippen LogP) is 1.76. The summed E-state index contributed by atoms with van der Waals surface area (Å²) in [5, 5.41) is 3.54. The summed E-state index contributed by atoms with van der Waals surface area (Å²) in [6, 6.07) is 3.99. The molecule has 0 saturated heterocycles. The largest absolute Gasteiger partial charge is 0.378 e. The van der Waals surface area contributed by atoms with Crippen LogP contribution in [0.3, 0.4) is 0 Å². The molecule has 3 heteroatoms. The van der Waals surface area contributed by atoms with E-state index in [1.165, 1.54) is 25.7 Å². The van der Waals surface area contributed by atoms with Gasteiger partial charge >= 0.3 is 0 Å². The van der Waals surface area contributed by atoms with Crippen LogP contribution in [0.4, 0.5) is 5.69 Å². The van der Waals surface area contributed by atoms with Crippen LogP contribution in [0.25, 0.3) is 0 Å². The van der Waals surface area contributed by atoms with Gasteiger partial charge in [-0.25, -0.2) is 0 Å². The monoisotopic (exact) mass is 191 g/mol. The molecule has 76 valence electrons. The molecule has 0 aliphatic heterocycles. The maximum Gasteiger partial charge on any atom is 0.0495 e. The molecule has 3 N–H and O–H groups in total. The topological polar surface area (TPSA) is 50.9 Å². The van der Waals surface area contributed by atoms with Gasteiger partial charge in [-0.1, -0.05) is 12.8 Å². The molecule has 1 aromatic rings. The molecule has 1 fully saturated rings. The molecule has 0 bridgehead atoms.